The standard InChI is InChI=1S/C12H15BrF2/c1-3-8(2)4-5-10-11(14)6-9(13)7-12(10)15/h6-8H,3-5H2,1-2H3. The summed E-state index contributed by atoms with van der Waals surface area (Å²) in [7, 11) is 0. The van der Waals surface area contributed by atoms with Crippen LogP contribution < -0.4 is 0 Å². The Balaban J connectivity index is 2.77. The predicted octanol–water partition coefficient (Wildman–Crippen LogP) is 4.71. The molecule has 1 rings (SSSR count). The van der Waals surface area contributed by atoms with E-state index in [0.717, 1.165) is 12.8 Å². The first-order chi connectivity index (χ1) is 7.04. The van der Waals surface area contributed by atoms with Gasteiger partial charge < -0.3 is 0 Å². The van der Waals surface area contributed by atoms with Crippen molar-refractivity contribution in [2.75, 3.05) is 0 Å². The van der Waals surface area contributed by atoms with Crippen molar-refractivity contribution >= 4 is 15.9 Å². The minimum Gasteiger partial charge on any atom is -0.207 e. The SMILES string of the molecule is CCC(C)CCc1c(F)cc(Br)cc1F. The minimum atomic E-state index is -0.454. The van der Waals surface area contributed by atoms with Gasteiger partial charge in [0.15, 0.2) is 0 Å². The van der Waals surface area contributed by atoms with E-state index in [1.807, 2.05) is 0 Å². The number of hydrogen-bond acceptors (Lipinski definition) is 0. The average Bonchev–Trinajstić information content (AvgIpc) is 2.15. The largest absolute Gasteiger partial charge is 0.207 e. The van der Waals surface area contributed by atoms with E-state index in [1.165, 1.54) is 12.1 Å². The first kappa shape index (κ1) is 12.6. The zero-order chi connectivity index (χ0) is 11.4. The summed E-state index contributed by atoms with van der Waals surface area (Å²) < 4.78 is 27.2. The Morgan fingerprint density at radius 3 is 2.27 bits per heavy atom. The van der Waals surface area contributed by atoms with Crippen molar-refractivity contribution in [3.05, 3.63) is 33.8 Å². The van der Waals surface area contributed by atoms with Gasteiger partial charge >= 0.3 is 0 Å². The minimum absolute atomic E-state index is 0.207. The fourth-order valence-electron chi connectivity index (χ4n) is 1.41. The van der Waals surface area contributed by atoms with E-state index in [2.05, 4.69) is 29.8 Å². The van der Waals surface area contributed by atoms with Crippen LogP contribution in [0.3, 0.4) is 0 Å². The van der Waals surface area contributed by atoms with E-state index in [0.29, 0.717) is 16.8 Å². The molecule has 1 atom stereocenters. The molecule has 0 aromatic heterocycles. The van der Waals surface area contributed by atoms with Crippen LogP contribution in [-0.2, 0) is 6.42 Å². The number of halogens is 3. The molecular formula is C12H15BrF2. The quantitative estimate of drug-likeness (QED) is 0.748. The summed E-state index contributed by atoms with van der Waals surface area (Å²) in [6, 6.07) is 2.63. The summed E-state index contributed by atoms with van der Waals surface area (Å²) in [5.74, 6) is -0.400. The third kappa shape index (κ3) is 3.56. The number of benzene rings is 1. The summed E-state index contributed by atoms with van der Waals surface area (Å²) in [4.78, 5) is 0. The molecule has 0 nitrogen and oxygen atoms in total. The van der Waals surface area contributed by atoms with Crippen LogP contribution in [0, 0.1) is 17.6 Å². The number of rotatable bonds is 4. The molecular weight excluding hydrogens is 262 g/mol. The molecule has 0 radical (unpaired) electrons. The molecule has 84 valence electrons. The van der Waals surface area contributed by atoms with Crippen molar-refractivity contribution in [2.24, 2.45) is 5.92 Å². The molecule has 0 bridgehead atoms. The van der Waals surface area contributed by atoms with Gasteiger partial charge in [0, 0.05) is 10.0 Å². The molecule has 0 heterocycles. The Bertz CT molecular complexity index is 313. The van der Waals surface area contributed by atoms with Gasteiger partial charge in [0.25, 0.3) is 0 Å². The van der Waals surface area contributed by atoms with Crippen molar-refractivity contribution in [1.82, 2.24) is 0 Å². The predicted molar refractivity (Wildman–Crippen MR) is 61.8 cm³/mol. The van der Waals surface area contributed by atoms with Gasteiger partial charge in [0.2, 0.25) is 0 Å². The van der Waals surface area contributed by atoms with Crippen molar-refractivity contribution in [2.45, 2.75) is 33.1 Å². The van der Waals surface area contributed by atoms with Crippen molar-refractivity contribution in [3.63, 3.8) is 0 Å². The van der Waals surface area contributed by atoms with Gasteiger partial charge in [-0.3, -0.25) is 0 Å². The summed E-state index contributed by atoms with van der Waals surface area (Å²) in [6.07, 6.45) is 2.34. The van der Waals surface area contributed by atoms with E-state index >= 15 is 0 Å². The molecule has 1 unspecified atom stereocenters. The van der Waals surface area contributed by atoms with Gasteiger partial charge in [0.1, 0.15) is 11.6 Å². The Hall–Kier alpha value is -0.440. The van der Waals surface area contributed by atoms with Crippen LogP contribution in [0.5, 0.6) is 0 Å². The van der Waals surface area contributed by atoms with Gasteiger partial charge in [-0.05, 0) is 30.9 Å². The molecule has 0 aliphatic rings. The first-order valence-electron chi connectivity index (χ1n) is 5.18. The van der Waals surface area contributed by atoms with Crippen LogP contribution in [0.4, 0.5) is 8.78 Å². The van der Waals surface area contributed by atoms with Gasteiger partial charge in [-0.25, -0.2) is 8.78 Å². The smallest absolute Gasteiger partial charge is 0.130 e. The highest BCUT2D eigenvalue weighted by Gasteiger charge is 2.11. The monoisotopic (exact) mass is 276 g/mol. The highest BCUT2D eigenvalue weighted by atomic mass is 79.9. The molecule has 1 aromatic rings. The Morgan fingerprint density at radius 2 is 1.80 bits per heavy atom. The van der Waals surface area contributed by atoms with E-state index in [-0.39, 0.29) is 5.56 Å². The lowest BCUT2D eigenvalue weighted by atomic mass is 9.98. The topological polar surface area (TPSA) is 0 Å². The Morgan fingerprint density at radius 1 is 1.27 bits per heavy atom. The third-order valence-electron chi connectivity index (χ3n) is 2.69. The molecule has 0 saturated heterocycles. The van der Waals surface area contributed by atoms with Gasteiger partial charge in [0.05, 0.1) is 0 Å². The zero-order valence-corrected chi connectivity index (χ0v) is 10.6. The molecule has 0 amide bonds. The molecule has 15 heavy (non-hydrogen) atoms. The fourth-order valence-corrected chi connectivity index (χ4v) is 1.81. The van der Waals surface area contributed by atoms with Gasteiger partial charge in [-0.1, -0.05) is 36.2 Å². The maximum absolute atomic E-state index is 13.4. The van der Waals surface area contributed by atoms with E-state index in [9.17, 15) is 8.78 Å². The fraction of sp³-hybridized carbons (Fsp3) is 0.500. The van der Waals surface area contributed by atoms with E-state index in [1.54, 1.807) is 0 Å². The average molecular weight is 277 g/mol. The Kier molecular flexibility index (Phi) is 4.71. The van der Waals surface area contributed by atoms with Crippen LogP contribution in [0.25, 0.3) is 0 Å². The van der Waals surface area contributed by atoms with Gasteiger partial charge in [-0.15, -0.1) is 0 Å². The molecule has 3 heteroatoms. The van der Waals surface area contributed by atoms with Crippen LogP contribution in [-0.4, -0.2) is 0 Å². The normalized spacial score (nSPS) is 12.9. The zero-order valence-electron chi connectivity index (χ0n) is 8.99. The third-order valence-corrected chi connectivity index (χ3v) is 3.15. The van der Waals surface area contributed by atoms with Crippen LogP contribution in [0.2, 0.25) is 0 Å². The molecule has 0 N–H and O–H groups in total. The maximum Gasteiger partial charge on any atom is 0.130 e. The van der Waals surface area contributed by atoms with E-state index < -0.39 is 11.6 Å². The summed E-state index contributed by atoms with van der Waals surface area (Å²) >= 11 is 3.06. The van der Waals surface area contributed by atoms with Crippen LogP contribution >= 0.6 is 15.9 Å². The second-order valence-electron chi connectivity index (χ2n) is 3.90. The van der Waals surface area contributed by atoms with E-state index in [4.69, 9.17) is 0 Å². The number of hydrogen-bond donors (Lipinski definition) is 0. The maximum atomic E-state index is 13.4. The summed E-state index contributed by atoms with van der Waals surface area (Å²) in [5.41, 5.74) is 0.207. The molecule has 0 aliphatic heterocycles. The van der Waals surface area contributed by atoms with Crippen LogP contribution in [0.1, 0.15) is 32.3 Å². The molecule has 0 saturated carbocycles. The van der Waals surface area contributed by atoms with Crippen molar-refractivity contribution in [1.29, 1.82) is 0 Å². The Labute approximate surface area is 97.8 Å². The van der Waals surface area contributed by atoms with Crippen molar-refractivity contribution in [3.8, 4) is 0 Å². The molecule has 0 aliphatic carbocycles. The second kappa shape index (κ2) is 5.59. The summed E-state index contributed by atoms with van der Waals surface area (Å²) in [5, 5.41) is 0. The molecule has 0 spiro atoms. The lowest BCUT2D eigenvalue weighted by molar-refractivity contribution is 0.489. The lowest BCUT2D eigenvalue weighted by Crippen LogP contribution is -2.00. The van der Waals surface area contributed by atoms with Crippen LogP contribution in [0.15, 0.2) is 16.6 Å². The molecule has 0 fully saturated rings. The lowest BCUT2D eigenvalue weighted by Gasteiger charge is -2.09. The first-order valence-corrected chi connectivity index (χ1v) is 5.97. The second-order valence-corrected chi connectivity index (χ2v) is 4.82. The van der Waals surface area contributed by atoms with Gasteiger partial charge in [-0.2, -0.15) is 0 Å². The molecule has 1 aromatic carbocycles. The highest BCUT2D eigenvalue weighted by molar-refractivity contribution is 9.10. The highest BCUT2D eigenvalue weighted by Crippen LogP contribution is 2.22. The summed E-state index contributed by atoms with van der Waals surface area (Å²) in [6.45, 7) is 4.17. The van der Waals surface area contributed by atoms with Crippen molar-refractivity contribution < 1.29 is 8.78 Å².